The highest BCUT2D eigenvalue weighted by Crippen LogP contribution is 2.29. The lowest BCUT2D eigenvalue weighted by Crippen LogP contribution is -2.31. The van der Waals surface area contributed by atoms with Gasteiger partial charge in [-0.05, 0) is 48.0 Å². The van der Waals surface area contributed by atoms with Gasteiger partial charge in [0.15, 0.2) is 0 Å². The molecule has 0 amide bonds. The molecule has 3 aromatic carbocycles. The molecule has 3 rings (SSSR count). The molecular formula is C23H23ClN4O5S. The molecule has 0 fully saturated rings. The van der Waals surface area contributed by atoms with Gasteiger partial charge in [-0.1, -0.05) is 37.6 Å². The molecule has 0 saturated carbocycles. The fourth-order valence-electron chi connectivity index (χ4n) is 3.11. The Bertz CT molecular complexity index is 1290. The van der Waals surface area contributed by atoms with E-state index in [0.717, 1.165) is 6.07 Å². The summed E-state index contributed by atoms with van der Waals surface area (Å²) in [6.45, 7) is 3.85. The van der Waals surface area contributed by atoms with Crippen molar-refractivity contribution in [1.82, 2.24) is 4.31 Å². The fraction of sp³-hybridized carbons (Fsp3) is 0.174. The average Bonchev–Trinajstić information content (AvgIpc) is 2.81. The fourth-order valence-corrected chi connectivity index (χ4v) is 4.85. The number of halogens is 1. The molecule has 0 heterocycles. The molecule has 9 nitrogen and oxygen atoms in total. The quantitative estimate of drug-likeness (QED) is 0.222. The lowest BCUT2D eigenvalue weighted by Gasteiger charge is -2.20. The maximum atomic E-state index is 13.0. The van der Waals surface area contributed by atoms with Crippen LogP contribution in [0.5, 0.6) is 11.5 Å². The molecule has 0 atom stereocenters. The zero-order chi connectivity index (χ0) is 24.7. The maximum absolute atomic E-state index is 13.0. The van der Waals surface area contributed by atoms with Crippen molar-refractivity contribution in [2.24, 2.45) is 5.10 Å². The Hall–Kier alpha value is -3.47. The molecule has 0 bridgehead atoms. The van der Waals surface area contributed by atoms with E-state index in [1.54, 1.807) is 62.4 Å². The van der Waals surface area contributed by atoms with Crippen LogP contribution >= 0.6 is 11.6 Å². The number of nitro groups is 1. The molecule has 3 aromatic rings. The zero-order valence-electron chi connectivity index (χ0n) is 18.5. The molecule has 1 N–H and O–H groups in total. The molecule has 0 aliphatic heterocycles. The summed E-state index contributed by atoms with van der Waals surface area (Å²) in [6.07, 6.45) is 1.49. The molecule has 0 radical (unpaired) electrons. The van der Waals surface area contributed by atoms with Crippen LogP contribution in [0.4, 0.5) is 11.4 Å². The van der Waals surface area contributed by atoms with Crippen molar-refractivity contribution >= 4 is 39.2 Å². The smallest absolute Gasteiger partial charge is 0.270 e. The number of nitrogens with one attached hydrogen (secondary N) is 1. The number of nitrogens with zero attached hydrogens (tertiary/aromatic N) is 3. The lowest BCUT2D eigenvalue weighted by molar-refractivity contribution is -0.385. The van der Waals surface area contributed by atoms with Gasteiger partial charge in [-0.15, -0.1) is 0 Å². The highest BCUT2D eigenvalue weighted by molar-refractivity contribution is 7.89. The standard InChI is InChI=1S/C23H23ClN4O5S/c1-3-27(4-2)34(31,32)23-15-19(28(29)30)10-13-22(23)26-25-16-17-6-5-7-21(14-17)33-20-11-8-18(24)9-12-20/h5-16,26H,3-4H2,1-2H3. The second-order valence-corrected chi connectivity index (χ2v) is 9.37. The van der Waals surface area contributed by atoms with Gasteiger partial charge in [0.25, 0.3) is 5.69 Å². The van der Waals surface area contributed by atoms with Gasteiger partial charge in [0.2, 0.25) is 10.0 Å². The number of benzene rings is 3. The van der Waals surface area contributed by atoms with Crippen molar-refractivity contribution < 1.29 is 18.1 Å². The van der Waals surface area contributed by atoms with Crippen LogP contribution in [0.15, 0.2) is 76.7 Å². The van der Waals surface area contributed by atoms with Crippen molar-refractivity contribution in [2.75, 3.05) is 18.5 Å². The monoisotopic (exact) mass is 502 g/mol. The first-order valence-electron chi connectivity index (χ1n) is 10.4. The highest BCUT2D eigenvalue weighted by atomic mass is 35.5. The number of non-ortho nitro benzene ring substituents is 1. The number of nitro benzene ring substituents is 1. The zero-order valence-corrected chi connectivity index (χ0v) is 20.1. The first-order valence-corrected chi connectivity index (χ1v) is 12.2. The SMILES string of the molecule is CCN(CC)S(=O)(=O)c1cc([N+](=O)[O-])ccc1NN=Cc1cccc(Oc2ccc(Cl)cc2)c1. The third kappa shape index (κ3) is 6.10. The number of anilines is 1. The predicted molar refractivity (Wildman–Crippen MR) is 132 cm³/mol. The molecule has 0 aliphatic carbocycles. The minimum Gasteiger partial charge on any atom is -0.457 e. The summed E-state index contributed by atoms with van der Waals surface area (Å²) in [5, 5.41) is 15.9. The number of rotatable bonds is 10. The molecule has 0 aliphatic rings. The first-order chi connectivity index (χ1) is 16.2. The largest absolute Gasteiger partial charge is 0.457 e. The van der Waals surface area contributed by atoms with E-state index in [1.807, 2.05) is 0 Å². The third-order valence-electron chi connectivity index (χ3n) is 4.81. The van der Waals surface area contributed by atoms with E-state index in [9.17, 15) is 18.5 Å². The molecule has 0 unspecified atom stereocenters. The van der Waals surface area contributed by atoms with E-state index in [-0.39, 0.29) is 29.4 Å². The topological polar surface area (TPSA) is 114 Å². The molecule has 0 spiro atoms. The molecule has 178 valence electrons. The van der Waals surface area contributed by atoms with Crippen molar-refractivity contribution in [2.45, 2.75) is 18.7 Å². The Morgan fingerprint density at radius 3 is 2.41 bits per heavy atom. The molecule has 11 heteroatoms. The number of hydrogen-bond donors (Lipinski definition) is 1. The third-order valence-corrected chi connectivity index (χ3v) is 7.15. The predicted octanol–water partition coefficient (Wildman–Crippen LogP) is 5.52. The van der Waals surface area contributed by atoms with Gasteiger partial charge in [0.05, 0.1) is 16.8 Å². The maximum Gasteiger partial charge on any atom is 0.270 e. The van der Waals surface area contributed by atoms with Crippen molar-refractivity contribution in [3.05, 3.63) is 87.4 Å². The van der Waals surface area contributed by atoms with Crippen LogP contribution in [0.25, 0.3) is 0 Å². The van der Waals surface area contributed by atoms with E-state index in [0.29, 0.717) is 22.1 Å². The Labute approximate surface area is 202 Å². The van der Waals surface area contributed by atoms with Gasteiger partial charge in [0.1, 0.15) is 16.4 Å². The van der Waals surface area contributed by atoms with Crippen LogP contribution in [0.3, 0.4) is 0 Å². The molecule has 0 aromatic heterocycles. The minimum atomic E-state index is -3.96. The van der Waals surface area contributed by atoms with Crippen molar-refractivity contribution in [3.8, 4) is 11.5 Å². The number of hydrazone groups is 1. The van der Waals surface area contributed by atoms with Gasteiger partial charge in [-0.25, -0.2) is 8.42 Å². The Kier molecular flexibility index (Phi) is 8.21. The summed E-state index contributed by atoms with van der Waals surface area (Å²) in [7, 11) is -3.96. The first kappa shape index (κ1) is 25.2. The summed E-state index contributed by atoms with van der Waals surface area (Å²) < 4.78 is 33.1. The van der Waals surface area contributed by atoms with Crippen molar-refractivity contribution in [3.63, 3.8) is 0 Å². The summed E-state index contributed by atoms with van der Waals surface area (Å²) in [6, 6.07) is 17.6. The second kappa shape index (κ2) is 11.1. The lowest BCUT2D eigenvalue weighted by atomic mass is 10.2. The number of ether oxygens (including phenoxy) is 1. The van der Waals surface area contributed by atoms with Gasteiger partial charge in [-0.2, -0.15) is 9.41 Å². The summed E-state index contributed by atoms with van der Waals surface area (Å²) in [5.41, 5.74) is 3.19. The van der Waals surface area contributed by atoms with E-state index in [2.05, 4.69) is 10.5 Å². The van der Waals surface area contributed by atoms with Crippen molar-refractivity contribution in [1.29, 1.82) is 0 Å². The van der Waals surface area contributed by atoms with Crippen LogP contribution < -0.4 is 10.2 Å². The van der Waals surface area contributed by atoms with E-state index < -0.39 is 14.9 Å². The average molecular weight is 503 g/mol. The molecule has 0 saturated heterocycles. The number of hydrogen-bond acceptors (Lipinski definition) is 7. The van der Waals surface area contributed by atoms with Crippen LogP contribution in [-0.2, 0) is 10.0 Å². The molecule has 34 heavy (non-hydrogen) atoms. The summed E-state index contributed by atoms with van der Waals surface area (Å²) >= 11 is 5.89. The molecular weight excluding hydrogens is 480 g/mol. The summed E-state index contributed by atoms with van der Waals surface area (Å²) in [5.74, 6) is 1.19. The van der Waals surface area contributed by atoms with E-state index in [1.165, 1.54) is 22.7 Å². The van der Waals surface area contributed by atoms with Crippen LogP contribution in [0.1, 0.15) is 19.4 Å². The van der Waals surface area contributed by atoms with Crippen LogP contribution in [-0.4, -0.2) is 37.0 Å². The summed E-state index contributed by atoms with van der Waals surface area (Å²) in [4.78, 5) is 10.3. The number of sulfonamides is 1. The second-order valence-electron chi connectivity index (χ2n) is 7.03. The van der Waals surface area contributed by atoms with Gasteiger partial charge in [-0.3, -0.25) is 15.5 Å². The normalized spacial score (nSPS) is 11.6. The van der Waals surface area contributed by atoms with Crippen LogP contribution in [0, 0.1) is 10.1 Å². The van der Waals surface area contributed by atoms with E-state index >= 15 is 0 Å². The Morgan fingerprint density at radius 2 is 1.76 bits per heavy atom. The van der Waals surface area contributed by atoms with Crippen LogP contribution in [0.2, 0.25) is 5.02 Å². The van der Waals surface area contributed by atoms with Gasteiger partial charge < -0.3 is 4.74 Å². The Balaban J connectivity index is 1.84. The van der Waals surface area contributed by atoms with Gasteiger partial charge in [0, 0.05) is 30.2 Å². The Morgan fingerprint density at radius 1 is 1.06 bits per heavy atom. The minimum absolute atomic E-state index is 0.127. The highest BCUT2D eigenvalue weighted by Gasteiger charge is 2.27. The van der Waals surface area contributed by atoms with Gasteiger partial charge >= 0.3 is 0 Å². The van der Waals surface area contributed by atoms with E-state index in [4.69, 9.17) is 16.3 Å².